The number of nitrogens with one attached hydrogen (secondary N) is 1. The number of aromatic nitrogens is 2. The van der Waals surface area contributed by atoms with E-state index in [0.717, 1.165) is 22.6 Å². The second kappa shape index (κ2) is 7.77. The Labute approximate surface area is 188 Å². The zero-order chi connectivity index (χ0) is 23.4. The van der Waals surface area contributed by atoms with Gasteiger partial charge in [0.1, 0.15) is 5.82 Å². The van der Waals surface area contributed by atoms with Gasteiger partial charge in [0.05, 0.1) is 22.3 Å². The predicted molar refractivity (Wildman–Crippen MR) is 121 cm³/mol. The number of rotatable bonds is 3. The van der Waals surface area contributed by atoms with Crippen LogP contribution in [-0.4, -0.2) is 10.2 Å². The summed E-state index contributed by atoms with van der Waals surface area (Å²) in [7, 11) is 0. The van der Waals surface area contributed by atoms with Gasteiger partial charge >= 0.3 is 6.18 Å². The Morgan fingerprint density at radius 1 is 0.969 bits per heavy atom. The van der Waals surface area contributed by atoms with E-state index in [4.69, 9.17) is 11.6 Å². The molecule has 0 fully saturated rings. The van der Waals surface area contributed by atoms with Crippen molar-refractivity contribution in [2.75, 3.05) is 0 Å². The molecule has 1 unspecified atom stereocenters. The van der Waals surface area contributed by atoms with E-state index in [1.54, 1.807) is 13.0 Å². The lowest BCUT2D eigenvalue weighted by molar-refractivity contribution is -0.138. The molecule has 4 aromatic rings. The van der Waals surface area contributed by atoms with Gasteiger partial charge < -0.3 is 0 Å². The van der Waals surface area contributed by atoms with Crippen LogP contribution in [0.4, 0.5) is 17.6 Å². The van der Waals surface area contributed by atoms with Crippen LogP contribution in [0.25, 0.3) is 21.7 Å². The molecule has 0 saturated carbocycles. The van der Waals surface area contributed by atoms with Crippen LogP contribution in [0, 0.1) is 5.82 Å². The van der Waals surface area contributed by atoms with Gasteiger partial charge in [0, 0.05) is 10.8 Å². The van der Waals surface area contributed by atoms with Crippen molar-refractivity contribution < 1.29 is 17.6 Å². The first kappa shape index (κ1) is 22.6. The van der Waals surface area contributed by atoms with E-state index in [1.165, 1.54) is 18.3 Å². The van der Waals surface area contributed by atoms with Crippen LogP contribution in [0.15, 0.2) is 42.6 Å². The summed E-state index contributed by atoms with van der Waals surface area (Å²) in [4.78, 5) is 0. The molecule has 7 heteroatoms. The monoisotopic (exact) mass is 462 g/mol. The molecule has 0 saturated heterocycles. The van der Waals surface area contributed by atoms with E-state index in [-0.39, 0.29) is 16.0 Å². The van der Waals surface area contributed by atoms with E-state index < -0.39 is 23.5 Å². The molecule has 4 rings (SSSR count). The fourth-order valence-corrected chi connectivity index (χ4v) is 4.76. The average Bonchev–Trinajstić information content (AvgIpc) is 3.17. The Morgan fingerprint density at radius 3 is 2.31 bits per heavy atom. The van der Waals surface area contributed by atoms with Gasteiger partial charge in [0.2, 0.25) is 0 Å². The van der Waals surface area contributed by atoms with Gasteiger partial charge in [-0.2, -0.15) is 18.3 Å². The number of hydrogen-bond acceptors (Lipinski definition) is 1. The van der Waals surface area contributed by atoms with E-state index in [0.29, 0.717) is 22.7 Å². The van der Waals surface area contributed by atoms with Gasteiger partial charge in [-0.15, -0.1) is 0 Å². The smallest absolute Gasteiger partial charge is 0.278 e. The van der Waals surface area contributed by atoms with Crippen molar-refractivity contribution in [3.63, 3.8) is 0 Å². The van der Waals surface area contributed by atoms with E-state index in [2.05, 4.69) is 10.2 Å². The third-order valence-electron chi connectivity index (χ3n) is 5.96. The number of benzene rings is 3. The van der Waals surface area contributed by atoms with Crippen molar-refractivity contribution in [1.29, 1.82) is 0 Å². The Morgan fingerprint density at radius 2 is 1.66 bits per heavy atom. The number of fused-ring (bicyclic) bond motifs is 2. The van der Waals surface area contributed by atoms with Crippen molar-refractivity contribution in [1.82, 2.24) is 10.2 Å². The van der Waals surface area contributed by atoms with Gasteiger partial charge in [-0.05, 0) is 58.0 Å². The summed E-state index contributed by atoms with van der Waals surface area (Å²) in [6.45, 7) is 7.81. The standard InChI is InChI=1S/C25H23ClF4N2/c1-13(21-16-12-31-32-20(16)10-8-18(21)25(28,29)30)11-14-5-7-17(24(2,3)4)22-15(14)6-9-19(27)23(22)26/h5-10,12-13H,11H2,1-4H3,(H,31,32). The quantitative estimate of drug-likeness (QED) is 0.305. The molecule has 0 aliphatic carbocycles. The number of aromatic amines is 1. The van der Waals surface area contributed by atoms with Gasteiger partial charge in [0.25, 0.3) is 0 Å². The third-order valence-corrected chi connectivity index (χ3v) is 6.33. The van der Waals surface area contributed by atoms with Gasteiger partial charge in [0.15, 0.2) is 0 Å². The maximum atomic E-state index is 14.3. The molecule has 0 amide bonds. The topological polar surface area (TPSA) is 28.7 Å². The summed E-state index contributed by atoms with van der Waals surface area (Å²) in [5.74, 6) is -0.988. The molecule has 1 aromatic heterocycles. The van der Waals surface area contributed by atoms with E-state index in [9.17, 15) is 17.6 Å². The van der Waals surface area contributed by atoms with Crippen molar-refractivity contribution in [3.05, 3.63) is 75.7 Å². The van der Waals surface area contributed by atoms with Gasteiger partial charge in [-0.3, -0.25) is 5.10 Å². The number of hydrogen-bond donors (Lipinski definition) is 1. The first-order valence-electron chi connectivity index (χ1n) is 10.3. The molecule has 3 aromatic carbocycles. The van der Waals surface area contributed by atoms with Crippen molar-refractivity contribution in [3.8, 4) is 0 Å². The predicted octanol–water partition coefficient (Wildman–Crippen LogP) is 8.17. The minimum absolute atomic E-state index is 0.0369. The fourth-order valence-electron chi connectivity index (χ4n) is 4.49. The third kappa shape index (κ3) is 3.85. The molecule has 32 heavy (non-hydrogen) atoms. The Balaban J connectivity index is 1.89. The highest BCUT2D eigenvalue weighted by atomic mass is 35.5. The van der Waals surface area contributed by atoms with Crippen LogP contribution in [-0.2, 0) is 18.0 Å². The highest BCUT2D eigenvalue weighted by Gasteiger charge is 2.36. The summed E-state index contributed by atoms with van der Waals surface area (Å²) in [5, 5.41) is 8.53. The van der Waals surface area contributed by atoms with E-state index >= 15 is 0 Å². The Kier molecular flexibility index (Phi) is 5.48. The fraction of sp³-hybridized carbons (Fsp3) is 0.320. The lowest BCUT2D eigenvalue weighted by Crippen LogP contribution is -2.14. The minimum atomic E-state index is -4.49. The zero-order valence-corrected chi connectivity index (χ0v) is 18.9. The molecule has 0 spiro atoms. The maximum Gasteiger partial charge on any atom is 0.416 e. The number of halogens is 5. The second-order valence-electron chi connectivity index (χ2n) is 9.27. The SMILES string of the molecule is CC(Cc1ccc(C(C)(C)C)c2c(Cl)c(F)ccc12)c1c(C(F)(F)F)ccc2[nH]ncc12. The highest BCUT2D eigenvalue weighted by Crippen LogP contribution is 2.42. The van der Waals surface area contributed by atoms with Gasteiger partial charge in [-0.1, -0.05) is 57.5 Å². The molecule has 1 heterocycles. The summed E-state index contributed by atoms with van der Waals surface area (Å²) < 4.78 is 55.8. The van der Waals surface area contributed by atoms with Crippen LogP contribution in [0.1, 0.15) is 55.9 Å². The lowest BCUT2D eigenvalue weighted by Gasteiger charge is -2.25. The molecule has 1 N–H and O–H groups in total. The molecule has 168 valence electrons. The van der Waals surface area contributed by atoms with Crippen LogP contribution in [0.3, 0.4) is 0 Å². The second-order valence-corrected chi connectivity index (χ2v) is 9.65. The van der Waals surface area contributed by atoms with Crippen molar-refractivity contribution in [2.45, 2.75) is 51.6 Å². The molecule has 0 aliphatic heterocycles. The van der Waals surface area contributed by atoms with Gasteiger partial charge in [-0.25, -0.2) is 4.39 Å². The van der Waals surface area contributed by atoms with Crippen LogP contribution < -0.4 is 0 Å². The summed E-state index contributed by atoms with van der Waals surface area (Å²) in [6, 6.07) is 9.28. The molecule has 2 nitrogen and oxygen atoms in total. The van der Waals surface area contributed by atoms with Crippen LogP contribution in [0.2, 0.25) is 5.02 Å². The normalized spacial score (nSPS) is 13.8. The number of alkyl halides is 3. The molecular formula is C25H23ClF4N2. The molecule has 0 radical (unpaired) electrons. The molecule has 1 atom stereocenters. The van der Waals surface area contributed by atoms with Crippen molar-refractivity contribution in [2.24, 2.45) is 0 Å². The summed E-state index contributed by atoms with van der Waals surface area (Å²) in [5.41, 5.74) is 1.50. The first-order chi connectivity index (χ1) is 14.9. The van der Waals surface area contributed by atoms with Crippen LogP contribution >= 0.6 is 11.6 Å². The largest absolute Gasteiger partial charge is 0.416 e. The summed E-state index contributed by atoms with van der Waals surface area (Å²) in [6.07, 6.45) is -2.72. The molecule has 0 aliphatic rings. The summed E-state index contributed by atoms with van der Waals surface area (Å²) >= 11 is 6.38. The average molecular weight is 463 g/mol. The first-order valence-corrected chi connectivity index (χ1v) is 10.7. The minimum Gasteiger partial charge on any atom is -0.278 e. The number of H-pyrrole nitrogens is 1. The maximum absolute atomic E-state index is 14.3. The molecule has 0 bridgehead atoms. The van der Waals surface area contributed by atoms with Crippen molar-refractivity contribution >= 4 is 33.3 Å². The Bertz CT molecular complexity index is 1320. The molecular weight excluding hydrogens is 440 g/mol. The highest BCUT2D eigenvalue weighted by molar-refractivity contribution is 6.36. The van der Waals surface area contributed by atoms with E-state index in [1.807, 2.05) is 32.9 Å². The lowest BCUT2D eigenvalue weighted by atomic mass is 9.80. The Hall–Kier alpha value is -2.60. The zero-order valence-electron chi connectivity index (χ0n) is 18.2. The van der Waals surface area contributed by atoms with Crippen LogP contribution in [0.5, 0.6) is 0 Å². The number of nitrogens with zero attached hydrogens (tertiary/aromatic N) is 1.